The van der Waals surface area contributed by atoms with Crippen LogP contribution in [0.25, 0.3) is 11.1 Å². The van der Waals surface area contributed by atoms with Gasteiger partial charge in [-0.3, -0.25) is 0 Å². The average molecular weight is 260 g/mol. The standard InChI is InChI=1S/C20H20/c1-3-9-17-15(7-1)16-8-2-4-10-18(16)20-13-5-11-19(17,20)12-6-14-20/h1-4,7-10H,5-6,11-14H2. The van der Waals surface area contributed by atoms with Crippen molar-refractivity contribution in [3.63, 3.8) is 0 Å². The first-order valence-corrected chi connectivity index (χ1v) is 8.07. The van der Waals surface area contributed by atoms with E-state index in [1.165, 1.54) is 49.7 Å². The lowest BCUT2D eigenvalue weighted by atomic mass is 9.55. The molecule has 0 N–H and O–H groups in total. The molecule has 0 amide bonds. The molecule has 2 aromatic carbocycles. The minimum atomic E-state index is 0.456. The van der Waals surface area contributed by atoms with Crippen molar-refractivity contribution in [1.82, 2.24) is 0 Å². The van der Waals surface area contributed by atoms with Gasteiger partial charge in [0.05, 0.1) is 0 Å². The van der Waals surface area contributed by atoms with Crippen molar-refractivity contribution >= 4 is 0 Å². The summed E-state index contributed by atoms with van der Waals surface area (Å²) in [7, 11) is 0. The second-order valence-corrected chi connectivity index (χ2v) is 6.96. The predicted octanol–water partition coefficient (Wildman–Crippen LogP) is 5.21. The van der Waals surface area contributed by atoms with Gasteiger partial charge in [0.1, 0.15) is 0 Å². The van der Waals surface area contributed by atoms with Gasteiger partial charge >= 0.3 is 0 Å². The molecule has 2 aromatic rings. The van der Waals surface area contributed by atoms with Crippen molar-refractivity contribution in [2.45, 2.75) is 49.4 Å². The summed E-state index contributed by atoms with van der Waals surface area (Å²) in [6.07, 6.45) is 8.42. The molecule has 100 valence electrons. The molecule has 0 unspecified atom stereocenters. The van der Waals surface area contributed by atoms with Crippen molar-refractivity contribution in [2.75, 3.05) is 0 Å². The van der Waals surface area contributed by atoms with Gasteiger partial charge in [0.25, 0.3) is 0 Å². The molecule has 0 spiro atoms. The van der Waals surface area contributed by atoms with Gasteiger partial charge in [0, 0.05) is 10.8 Å². The van der Waals surface area contributed by atoms with E-state index >= 15 is 0 Å². The molecule has 0 heterocycles. The van der Waals surface area contributed by atoms with Crippen molar-refractivity contribution in [3.8, 4) is 11.1 Å². The van der Waals surface area contributed by atoms with Gasteiger partial charge in [0.2, 0.25) is 0 Å². The molecule has 2 saturated carbocycles. The first-order chi connectivity index (χ1) is 9.87. The summed E-state index contributed by atoms with van der Waals surface area (Å²) in [5, 5.41) is 0. The third-order valence-electron chi connectivity index (χ3n) is 6.51. The van der Waals surface area contributed by atoms with Gasteiger partial charge in [-0.2, -0.15) is 0 Å². The lowest BCUT2D eigenvalue weighted by molar-refractivity contribution is 0.299. The molecule has 0 atom stereocenters. The van der Waals surface area contributed by atoms with Gasteiger partial charge in [-0.1, -0.05) is 61.4 Å². The highest BCUT2D eigenvalue weighted by atomic mass is 14.6. The zero-order chi connectivity index (χ0) is 13.2. The van der Waals surface area contributed by atoms with Gasteiger partial charge < -0.3 is 0 Å². The topological polar surface area (TPSA) is 0 Å². The number of benzene rings is 2. The summed E-state index contributed by atoms with van der Waals surface area (Å²) in [6, 6.07) is 18.5. The van der Waals surface area contributed by atoms with Crippen LogP contribution >= 0.6 is 0 Å². The van der Waals surface area contributed by atoms with E-state index in [0.717, 1.165) is 0 Å². The molecule has 0 nitrogen and oxygen atoms in total. The Bertz CT molecular complexity index is 625. The summed E-state index contributed by atoms with van der Waals surface area (Å²) < 4.78 is 0. The summed E-state index contributed by atoms with van der Waals surface area (Å²) in [5.41, 5.74) is 7.27. The molecule has 0 radical (unpaired) electrons. The Labute approximate surface area is 120 Å². The third-order valence-corrected chi connectivity index (χ3v) is 6.51. The maximum atomic E-state index is 2.43. The molecule has 0 heteroatoms. The Kier molecular flexibility index (Phi) is 1.98. The maximum absolute atomic E-state index is 2.43. The average Bonchev–Trinajstić information content (AvgIpc) is 3.05. The van der Waals surface area contributed by atoms with Crippen molar-refractivity contribution in [3.05, 3.63) is 59.7 Å². The van der Waals surface area contributed by atoms with Crippen LogP contribution in [-0.2, 0) is 10.8 Å². The van der Waals surface area contributed by atoms with Crippen LogP contribution in [0, 0.1) is 0 Å². The van der Waals surface area contributed by atoms with Crippen LogP contribution in [0.15, 0.2) is 48.5 Å². The zero-order valence-electron chi connectivity index (χ0n) is 11.9. The Hall–Kier alpha value is -1.56. The summed E-state index contributed by atoms with van der Waals surface area (Å²) in [5.74, 6) is 0. The van der Waals surface area contributed by atoms with E-state index < -0.39 is 0 Å². The Morgan fingerprint density at radius 2 is 0.950 bits per heavy atom. The second-order valence-electron chi connectivity index (χ2n) is 6.96. The van der Waals surface area contributed by atoms with E-state index in [-0.39, 0.29) is 0 Å². The van der Waals surface area contributed by atoms with Gasteiger partial charge in [-0.25, -0.2) is 0 Å². The van der Waals surface area contributed by atoms with E-state index in [2.05, 4.69) is 48.5 Å². The molecular formula is C20H20. The minimum Gasteiger partial charge on any atom is -0.0619 e. The zero-order valence-corrected chi connectivity index (χ0v) is 11.9. The van der Waals surface area contributed by atoms with E-state index in [9.17, 15) is 0 Å². The third kappa shape index (κ3) is 1.04. The van der Waals surface area contributed by atoms with Crippen LogP contribution in [0.3, 0.4) is 0 Å². The molecule has 0 saturated heterocycles. The van der Waals surface area contributed by atoms with Gasteiger partial charge in [-0.15, -0.1) is 0 Å². The lowest BCUT2D eigenvalue weighted by Gasteiger charge is -2.47. The van der Waals surface area contributed by atoms with E-state index in [1.807, 2.05) is 0 Å². The van der Waals surface area contributed by atoms with Gasteiger partial charge in [-0.05, 0) is 47.9 Å². The lowest BCUT2D eigenvalue weighted by Crippen LogP contribution is -2.43. The molecule has 0 aliphatic heterocycles. The predicted molar refractivity (Wildman–Crippen MR) is 82.9 cm³/mol. The molecule has 2 fully saturated rings. The monoisotopic (exact) mass is 260 g/mol. The number of fused-ring (bicyclic) bond motifs is 3. The fourth-order valence-electron chi connectivity index (χ4n) is 5.92. The quantitative estimate of drug-likeness (QED) is 0.610. The van der Waals surface area contributed by atoms with Crippen molar-refractivity contribution in [1.29, 1.82) is 0 Å². The molecule has 5 rings (SSSR count). The van der Waals surface area contributed by atoms with E-state index in [4.69, 9.17) is 0 Å². The summed E-state index contributed by atoms with van der Waals surface area (Å²) >= 11 is 0. The molecule has 0 aromatic heterocycles. The highest BCUT2D eigenvalue weighted by molar-refractivity contribution is 5.78. The van der Waals surface area contributed by atoms with Crippen LogP contribution in [0.4, 0.5) is 0 Å². The van der Waals surface area contributed by atoms with Crippen LogP contribution in [0.1, 0.15) is 49.7 Å². The van der Waals surface area contributed by atoms with E-state index in [1.54, 1.807) is 11.1 Å². The second kappa shape index (κ2) is 3.55. The Balaban J connectivity index is 1.95. The fourth-order valence-corrected chi connectivity index (χ4v) is 5.92. The summed E-state index contributed by atoms with van der Waals surface area (Å²) in [4.78, 5) is 0. The summed E-state index contributed by atoms with van der Waals surface area (Å²) in [6.45, 7) is 0. The fraction of sp³-hybridized carbons (Fsp3) is 0.400. The first kappa shape index (κ1) is 11.1. The van der Waals surface area contributed by atoms with Crippen LogP contribution in [-0.4, -0.2) is 0 Å². The first-order valence-electron chi connectivity index (χ1n) is 8.07. The maximum Gasteiger partial charge on any atom is 0.00562 e. The smallest absolute Gasteiger partial charge is 0.00562 e. The van der Waals surface area contributed by atoms with Gasteiger partial charge in [0.15, 0.2) is 0 Å². The Morgan fingerprint density at radius 1 is 0.550 bits per heavy atom. The van der Waals surface area contributed by atoms with E-state index in [0.29, 0.717) is 10.8 Å². The number of rotatable bonds is 0. The molecular weight excluding hydrogens is 240 g/mol. The molecule has 0 bridgehead atoms. The van der Waals surface area contributed by atoms with Crippen LogP contribution in [0.5, 0.6) is 0 Å². The molecule has 20 heavy (non-hydrogen) atoms. The van der Waals surface area contributed by atoms with Crippen LogP contribution < -0.4 is 0 Å². The van der Waals surface area contributed by atoms with Crippen molar-refractivity contribution < 1.29 is 0 Å². The number of hydrogen-bond acceptors (Lipinski definition) is 0. The number of hydrogen-bond donors (Lipinski definition) is 0. The highest BCUT2D eigenvalue weighted by Gasteiger charge is 2.61. The van der Waals surface area contributed by atoms with Crippen LogP contribution in [0.2, 0.25) is 0 Å². The Morgan fingerprint density at radius 3 is 1.40 bits per heavy atom. The molecule has 3 aliphatic carbocycles. The highest BCUT2D eigenvalue weighted by Crippen LogP contribution is 2.68. The normalized spacial score (nSPS) is 33.2. The minimum absolute atomic E-state index is 0.456. The molecule has 3 aliphatic rings. The van der Waals surface area contributed by atoms with Crippen molar-refractivity contribution in [2.24, 2.45) is 0 Å². The largest absolute Gasteiger partial charge is 0.0619 e. The SMILES string of the molecule is c1ccc2c(c1)-c1ccccc1C13CCCC21CCC3.